The zero-order chi connectivity index (χ0) is 18.7. The highest BCUT2D eigenvalue weighted by molar-refractivity contribution is 5.74. The van der Waals surface area contributed by atoms with E-state index in [0.717, 1.165) is 12.1 Å². The lowest BCUT2D eigenvalue weighted by Crippen LogP contribution is -2.17. The first-order valence-corrected chi connectivity index (χ1v) is 6.98. The van der Waals surface area contributed by atoms with Gasteiger partial charge in [0.1, 0.15) is 23.6 Å². The van der Waals surface area contributed by atoms with Crippen molar-refractivity contribution in [3.63, 3.8) is 0 Å². The molecule has 1 aromatic carbocycles. The summed E-state index contributed by atoms with van der Waals surface area (Å²) in [5.74, 6) is -1.57. The van der Waals surface area contributed by atoms with Crippen molar-refractivity contribution < 1.29 is 27.1 Å². The van der Waals surface area contributed by atoms with E-state index < -0.39 is 17.9 Å². The molecule has 3 rings (SSSR count). The van der Waals surface area contributed by atoms with Gasteiger partial charge in [0.05, 0.1) is 18.1 Å². The number of amides is 1. The van der Waals surface area contributed by atoms with Crippen molar-refractivity contribution in [2.24, 2.45) is 0 Å². The number of halogens is 4. The summed E-state index contributed by atoms with van der Waals surface area (Å²) in [6, 6.07) is 3.96. The molecule has 7 nitrogen and oxygen atoms in total. The first-order valence-electron chi connectivity index (χ1n) is 6.98. The number of anilines is 1. The number of alkyl halides is 3. The Morgan fingerprint density at radius 3 is 2.50 bits per heavy atom. The Morgan fingerprint density at radius 1 is 1.12 bits per heavy atom. The van der Waals surface area contributed by atoms with Crippen LogP contribution >= 0.6 is 0 Å². The molecule has 11 heteroatoms. The average Bonchev–Trinajstić information content (AvgIpc) is 2.98. The van der Waals surface area contributed by atoms with Gasteiger partial charge in [-0.15, -0.1) is 18.3 Å². The molecule has 2 aromatic heterocycles. The molecular formula is C15H9F4N5O2. The topological polar surface area (TPSA) is 81.9 Å². The van der Waals surface area contributed by atoms with Gasteiger partial charge < -0.3 is 10.1 Å². The lowest BCUT2D eigenvalue weighted by Gasteiger charge is -2.11. The van der Waals surface area contributed by atoms with Gasteiger partial charge in [-0.1, -0.05) is 0 Å². The number of ether oxygens (including phenoxy) is 1. The van der Waals surface area contributed by atoms with E-state index in [4.69, 9.17) is 0 Å². The first kappa shape index (κ1) is 17.3. The van der Waals surface area contributed by atoms with Crippen LogP contribution in [-0.2, 0) is 4.79 Å². The molecule has 0 bridgehead atoms. The van der Waals surface area contributed by atoms with E-state index in [9.17, 15) is 22.4 Å². The van der Waals surface area contributed by atoms with Crippen molar-refractivity contribution in [2.75, 3.05) is 5.32 Å². The van der Waals surface area contributed by atoms with Crippen LogP contribution in [0.3, 0.4) is 0 Å². The third-order valence-corrected chi connectivity index (χ3v) is 3.11. The van der Waals surface area contributed by atoms with E-state index in [1.807, 2.05) is 0 Å². The molecule has 0 aliphatic rings. The number of carbonyl (C=O) groups excluding carboxylic acids is 1. The number of carbonyl (C=O) groups is 1. The molecule has 0 spiro atoms. The summed E-state index contributed by atoms with van der Waals surface area (Å²) in [4.78, 5) is 18.3. The fourth-order valence-corrected chi connectivity index (χ4v) is 2.22. The largest absolute Gasteiger partial charge is 0.573 e. The van der Waals surface area contributed by atoms with E-state index in [2.05, 4.69) is 25.1 Å². The normalized spacial score (nSPS) is 11.2. The van der Waals surface area contributed by atoms with Gasteiger partial charge in [0.25, 0.3) is 0 Å². The Morgan fingerprint density at radius 2 is 1.85 bits per heavy atom. The maximum Gasteiger partial charge on any atom is 0.573 e. The van der Waals surface area contributed by atoms with Crippen molar-refractivity contribution in [1.29, 1.82) is 0 Å². The highest BCUT2D eigenvalue weighted by Crippen LogP contribution is 2.31. The predicted octanol–water partition coefficient (Wildman–Crippen LogP) is 2.94. The van der Waals surface area contributed by atoms with Crippen LogP contribution < -0.4 is 10.1 Å². The number of benzene rings is 1. The number of nitrogens with one attached hydrogen (secondary N) is 1. The van der Waals surface area contributed by atoms with Crippen LogP contribution in [0.25, 0.3) is 16.9 Å². The summed E-state index contributed by atoms with van der Waals surface area (Å²) in [5, 5.41) is 6.41. The molecule has 1 N–H and O–H groups in total. The van der Waals surface area contributed by atoms with Gasteiger partial charge in [-0.2, -0.15) is 0 Å². The third kappa shape index (κ3) is 3.94. The second-order valence-corrected chi connectivity index (χ2v) is 4.91. The Bertz CT molecular complexity index is 928. The van der Waals surface area contributed by atoms with Gasteiger partial charge in [0.2, 0.25) is 6.41 Å². The third-order valence-electron chi connectivity index (χ3n) is 3.11. The van der Waals surface area contributed by atoms with Crippen LogP contribution in [0.4, 0.5) is 23.4 Å². The van der Waals surface area contributed by atoms with Crippen LogP contribution in [0.15, 0.2) is 43.0 Å². The summed E-state index contributed by atoms with van der Waals surface area (Å²) in [7, 11) is 0. The Balaban J connectivity index is 2.12. The first-order chi connectivity index (χ1) is 12.4. The zero-order valence-corrected chi connectivity index (χ0v) is 12.7. The highest BCUT2D eigenvalue weighted by atomic mass is 19.4. The summed E-state index contributed by atoms with van der Waals surface area (Å²) in [5.41, 5.74) is 0.583. The van der Waals surface area contributed by atoms with E-state index in [0.29, 0.717) is 18.2 Å². The number of aromatic nitrogens is 4. The minimum atomic E-state index is -4.97. The van der Waals surface area contributed by atoms with Crippen molar-refractivity contribution >= 4 is 12.2 Å². The second kappa shape index (κ2) is 6.78. The second-order valence-electron chi connectivity index (χ2n) is 4.91. The highest BCUT2D eigenvalue weighted by Gasteiger charge is 2.31. The summed E-state index contributed by atoms with van der Waals surface area (Å²) in [6.45, 7) is 0. The van der Waals surface area contributed by atoms with Crippen LogP contribution in [0.1, 0.15) is 0 Å². The molecule has 2 heterocycles. The number of nitrogens with zero attached hydrogens (tertiary/aromatic N) is 4. The molecule has 1 amide bonds. The summed E-state index contributed by atoms with van der Waals surface area (Å²) in [6.07, 6.45) is -0.541. The van der Waals surface area contributed by atoms with Gasteiger partial charge in [-0.05, 0) is 12.1 Å². The number of hydrogen-bond donors (Lipinski definition) is 1. The molecule has 0 unspecified atom stereocenters. The quantitative estimate of drug-likeness (QED) is 0.554. The Kier molecular flexibility index (Phi) is 4.52. The Labute approximate surface area is 143 Å². The standard InChI is InChI=1S/C15H9F4N5O2/c16-10-1-9(2-12(3-10)26-15(17,18)19)13-4-14(22-8-25)23-24(13)11-5-20-7-21-6-11/h1-8H,(H,22,23,25). The molecule has 0 saturated carbocycles. The summed E-state index contributed by atoms with van der Waals surface area (Å²) < 4.78 is 56.1. The van der Waals surface area contributed by atoms with Crippen molar-refractivity contribution in [3.8, 4) is 22.7 Å². The minimum absolute atomic E-state index is 0.0413. The average molecular weight is 367 g/mol. The van der Waals surface area contributed by atoms with Crippen LogP contribution in [0.5, 0.6) is 5.75 Å². The van der Waals surface area contributed by atoms with Gasteiger partial charge in [-0.25, -0.2) is 19.0 Å². The van der Waals surface area contributed by atoms with Crippen molar-refractivity contribution in [1.82, 2.24) is 19.7 Å². The zero-order valence-electron chi connectivity index (χ0n) is 12.7. The van der Waals surface area contributed by atoms with Crippen molar-refractivity contribution in [2.45, 2.75) is 6.36 Å². The predicted molar refractivity (Wildman–Crippen MR) is 80.9 cm³/mol. The van der Waals surface area contributed by atoms with Crippen LogP contribution in [0, 0.1) is 5.82 Å². The molecule has 0 fully saturated rings. The van der Waals surface area contributed by atoms with E-state index in [1.165, 1.54) is 29.5 Å². The van der Waals surface area contributed by atoms with Crippen LogP contribution in [-0.4, -0.2) is 32.5 Å². The SMILES string of the molecule is O=CNc1cc(-c2cc(F)cc(OC(F)(F)F)c2)n(-c2cncnc2)n1. The van der Waals surface area contributed by atoms with Crippen LogP contribution in [0.2, 0.25) is 0 Å². The van der Waals surface area contributed by atoms with Gasteiger partial charge in [-0.3, -0.25) is 4.79 Å². The smallest absolute Gasteiger partial charge is 0.406 e. The lowest BCUT2D eigenvalue weighted by molar-refractivity contribution is -0.274. The molecule has 0 aliphatic heterocycles. The number of hydrogen-bond acceptors (Lipinski definition) is 5. The summed E-state index contributed by atoms with van der Waals surface area (Å²) >= 11 is 0. The van der Waals surface area contributed by atoms with Crippen molar-refractivity contribution in [3.05, 3.63) is 48.8 Å². The minimum Gasteiger partial charge on any atom is -0.406 e. The Hall–Kier alpha value is -3.50. The van der Waals surface area contributed by atoms with Gasteiger partial charge in [0, 0.05) is 17.7 Å². The maximum atomic E-state index is 13.8. The molecule has 0 saturated heterocycles. The fourth-order valence-electron chi connectivity index (χ4n) is 2.22. The van der Waals surface area contributed by atoms with Gasteiger partial charge >= 0.3 is 6.36 Å². The molecule has 0 radical (unpaired) electrons. The molecular weight excluding hydrogens is 358 g/mol. The van der Waals surface area contributed by atoms with E-state index in [-0.39, 0.29) is 17.1 Å². The maximum absolute atomic E-state index is 13.8. The lowest BCUT2D eigenvalue weighted by atomic mass is 10.1. The fraction of sp³-hybridized carbons (Fsp3) is 0.0667. The molecule has 134 valence electrons. The van der Waals surface area contributed by atoms with Gasteiger partial charge in [0.15, 0.2) is 5.82 Å². The number of rotatable bonds is 5. The molecule has 0 aliphatic carbocycles. The molecule has 0 atom stereocenters. The van der Waals surface area contributed by atoms with E-state index >= 15 is 0 Å². The monoisotopic (exact) mass is 367 g/mol. The van der Waals surface area contributed by atoms with E-state index in [1.54, 1.807) is 0 Å². The molecule has 3 aromatic rings. The molecule has 26 heavy (non-hydrogen) atoms.